The van der Waals surface area contributed by atoms with E-state index in [2.05, 4.69) is 31.2 Å². The Morgan fingerprint density at radius 1 is 1.28 bits per heavy atom. The molecule has 2 aromatic heterocycles. The van der Waals surface area contributed by atoms with Crippen LogP contribution < -0.4 is 10.2 Å². The summed E-state index contributed by atoms with van der Waals surface area (Å²) in [6.45, 7) is 6.99. The fourth-order valence-electron chi connectivity index (χ4n) is 4.47. The van der Waals surface area contributed by atoms with E-state index in [4.69, 9.17) is 4.98 Å². The van der Waals surface area contributed by atoms with Crippen LogP contribution in [0.2, 0.25) is 0 Å². The minimum absolute atomic E-state index is 0.0829. The first kappa shape index (κ1) is 22.2. The van der Waals surface area contributed by atoms with E-state index in [1.165, 1.54) is 18.3 Å². The molecule has 1 N–H and O–H groups in total. The summed E-state index contributed by atoms with van der Waals surface area (Å²) in [5.74, 6) is 0.00535. The van der Waals surface area contributed by atoms with Crippen molar-refractivity contribution in [1.82, 2.24) is 19.9 Å². The molecule has 2 unspecified atom stereocenters. The van der Waals surface area contributed by atoms with Gasteiger partial charge >= 0.3 is 0 Å². The number of hydrogen-bond donors (Lipinski definition) is 1. The number of aromatic nitrogens is 3. The lowest BCUT2D eigenvalue weighted by Gasteiger charge is -2.26. The molecule has 1 aromatic carbocycles. The molecule has 0 bridgehead atoms. The predicted molar refractivity (Wildman–Crippen MR) is 120 cm³/mol. The third kappa shape index (κ3) is 4.45. The molecule has 2 atom stereocenters. The Kier molecular flexibility index (Phi) is 6.39. The number of halogens is 2. The number of anilines is 1. The minimum Gasteiger partial charge on any atom is -0.349 e. The van der Waals surface area contributed by atoms with Crippen LogP contribution in [0.15, 0.2) is 36.7 Å². The molecule has 3 heterocycles. The lowest BCUT2D eigenvalue weighted by Crippen LogP contribution is -2.35. The van der Waals surface area contributed by atoms with E-state index in [0.717, 1.165) is 25.3 Å². The van der Waals surface area contributed by atoms with E-state index >= 15 is 0 Å². The zero-order valence-electron chi connectivity index (χ0n) is 18.7. The molecule has 32 heavy (non-hydrogen) atoms. The predicted octanol–water partition coefficient (Wildman–Crippen LogP) is 4.90. The van der Waals surface area contributed by atoms with Gasteiger partial charge in [-0.25, -0.2) is 18.3 Å². The van der Waals surface area contributed by atoms with Gasteiger partial charge in [0, 0.05) is 24.3 Å². The molecule has 0 saturated carbocycles. The highest BCUT2D eigenvalue weighted by Crippen LogP contribution is 2.36. The second-order valence-corrected chi connectivity index (χ2v) is 8.84. The molecular weight excluding hydrogens is 412 g/mol. The number of carbonyl (C=O) groups is 1. The van der Waals surface area contributed by atoms with Gasteiger partial charge in [0.25, 0.3) is 5.91 Å². The number of hydrogen-bond acceptors (Lipinski definition) is 4. The summed E-state index contributed by atoms with van der Waals surface area (Å²) < 4.78 is 29.8. The Morgan fingerprint density at radius 2 is 2.09 bits per heavy atom. The smallest absolute Gasteiger partial charge is 0.256 e. The molecule has 1 aliphatic heterocycles. The molecule has 0 radical (unpaired) electrons. The lowest BCUT2D eigenvalue weighted by molar-refractivity contribution is 0.0932. The molecule has 0 spiro atoms. The first-order valence-corrected chi connectivity index (χ1v) is 11.2. The van der Waals surface area contributed by atoms with Crippen LogP contribution >= 0.6 is 0 Å². The molecule has 4 rings (SSSR count). The van der Waals surface area contributed by atoms with Crippen molar-refractivity contribution in [1.29, 1.82) is 0 Å². The SMILES string of the molecule is CCC(CC(C)C)NC(=O)c1cnn2ccc(N3CCCC3c3cc(F)ccc3F)nc12. The monoisotopic (exact) mass is 441 g/mol. The third-order valence-corrected chi connectivity index (χ3v) is 6.05. The number of carbonyl (C=O) groups excluding carboxylic acids is 1. The maximum Gasteiger partial charge on any atom is 0.256 e. The van der Waals surface area contributed by atoms with Crippen LogP contribution in [0.3, 0.4) is 0 Å². The van der Waals surface area contributed by atoms with Crippen LogP contribution in [0.5, 0.6) is 0 Å². The van der Waals surface area contributed by atoms with Gasteiger partial charge in [0.2, 0.25) is 0 Å². The van der Waals surface area contributed by atoms with Crippen molar-refractivity contribution in [3.05, 3.63) is 59.4 Å². The van der Waals surface area contributed by atoms with Gasteiger partial charge in [-0.2, -0.15) is 5.10 Å². The van der Waals surface area contributed by atoms with Crippen LogP contribution in [0.25, 0.3) is 5.65 Å². The molecule has 6 nitrogen and oxygen atoms in total. The number of fused-ring (bicyclic) bond motifs is 1. The van der Waals surface area contributed by atoms with Crippen LogP contribution in [0.1, 0.15) is 68.4 Å². The first-order chi connectivity index (χ1) is 15.4. The lowest BCUT2D eigenvalue weighted by atomic mass is 10.0. The summed E-state index contributed by atoms with van der Waals surface area (Å²) in [5.41, 5.74) is 1.18. The Labute approximate surface area is 186 Å². The highest BCUT2D eigenvalue weighted by Gasteiger charge is 2.30. The largest absolute Gasteiger partial charge is 0.349 e. The molecule has 1 amide bonds. The summed E-state index contributed by atoms with van der Waals surface area (Å²) >= 11 is 0. The molecule has 170 valence electrons. The summed E-state index contributed by atoms with van der Waals surface area (Å²) in [7, 11) is 0. The third-order valence-electron chi connectivity index (χ3n) is 6.05. The van der Waals surface area contributed by atoms with Crippen molar-refractivity contribution in [2.24, 2.45) is 5.92 Å². The van der Waals surface area contributed by atoms with Crippen LogP contribution in [-0.2, 0) is 0 Å². The summed E-state index contributed by atoms with van der Waals surface area (Å²) in [5, 5.41) is 7.36. The fourth-order valence-corrected chi connectivity index (χ4v) is 4.47. The average molecular weight is 442 g/mol. The first-order valence-electron chi connectivity index (χ1n) is 11.2. The number of nitrogens with one attached hydrogen (secondary N) is 1. The van der Waals surface area contributed by atoms with E-state index in [9.17, 15) is 13.6 Å². The van der Waals surface area contributed by atoms with Crippen molar-refractivity contribution in [3.8, 4) is 0 Å². The Morgan fingerprint density at radius 3 is 2.84 bits per heavy atom. The van der Waals surface area contributed by atoms with E-state index in [1.807, 2.05) is 4.90 Å². The molecule has 1 saturated heterocycles. The second kappa shape index (κ2) is 9.22. The van der Waals surface area contributed by atoms with Crippen molar-refractivity contribution in [3.63, 3.8) is 0 Å². The Hall–Kier alpha value is -3.03. The normalized spacial score (nSPS) is 17.3. The van der Waals surface area contributed by atoms with Gasteiger partial charge in [-0.1, -0.05) is 20.8 Å². The van der Waals surface area contributed by atoms with Gasteiger partial charge in [0.15, 0.2) is 5.65 Å². The van der Waals surface area contributed by atoms with E-state index in [0.29, 0.717) is 41.5 Å². The summed E-state index contributed by atoms with van der Waals surface area (Å²) in [6, 6.07) is 5.12. The van der Waals surface area contributed by atoms with E-state index in [-0.39, 0.29) is 18.0 Å². The van der Waals surface area contributed by atoms with Gasteiger partial charge in [-0.3, -0.25) is 4.79 Å². The van der Waals surface area contributed by atoms with Crippen molar-refractivity contribution in [2.75, 3.05) is 11.4 Å². The average Bonchev–Trinajstić information content (AvgIpc) is 3.41. The number of rotatable bonds is 7. The molecule has 8 heteroatoms. The highest BCUT2D eigenvalue weighted by atomic mass is 19.1. The van der Waals surface area contributed by atoms with Gasteiger partial charge in [0.05, 0.1) is 12.2 Å². The molecular formula is C24H29F2N5O. The maximum atomic E-state index is 14.4. The van der Waals surface area contributed by atoms with Gasteiger partial charge in [0.1, 0.15) is 23.0 Å². The van der Waals surface area contributed by atoms with E-state index < -0.39 is 11.6 Å². The highest BCUT2D eigenvalue weighted by molar-refractivity contribution is 5.99. The fraction of sp³-hybridized carbons (Fsp3) is 0.458. The van der Waals surface area contributed by atoms with E-state index in [1.54, 1.807) is 16.8 Å². The van der Waals surface area contributed by atoms with Crippen molar-refractivity contribution in [2.45, 2.75) is 58.5 Å². The summed E-state index contributed by atoms with van der Waals surface area (Å²) in [4.78, 5) is 19.6. The molecule has 3 aromatic rings. The molecule has 0 aliphatic carbocycles. The van der Waals surface area contributed by atoms with Crippen LogP contribution in [-0.4, -0.2) is 33.1 Å². The van der Waals surface area contributed by atoms with Gasteiger partial charge in [-0.05, 0) is 55.9 Å². The second-order valence-electron chi connectivity index (χ2n) is 8.84. The Balaban J connectivity index is 1.63. The zero-order valence-corrected chi connectivity index (χ0v) is 18.7. The van der Waals surface area contributed by atoms with Crippen LogP contribution in [0, 0.1) is 17.6 Å². The zero-order chi connectivity index (χ0) is 22.8. The number of benzene rings is 1. The van der Waals surface area contributed by atoms with Gasteiger partial charge < -0.3 is 10.2 Å². The maximum absolute atomic E-state index is 14.4. The standard InChI is InChI=1S/C24H29F2N5O/c1-4-17(12-15(2)3)28-24(32)19-14-27-31-11-9-22(29-23(19)31)30-10-5-6-21(30)18-13-16(25)7-8-20(18)26/h7-9,11,13-15,17,21H,4-6,10,12H2,1-3H3,(H,28,32). The Bertz CT molecular complexity index is 1110. The summed E-state index contributed by atoms with van der Waals surface area (Å²) in [6.07, 6.45) is 6.56. The quantitative estimate of drug-likeness (QED) is 0.566. The van der Waals surface area contributed by atoms with Crippen molar-refractivity contribution < 1.29 is 13.6 Å². The molecule has 1 aliphatic rings. The van der Waals surface area contributed by atoms with Gasteiger partial charge in [-0.15, -0.1) is 0 Å². The molecule has 1 fully saturated rings. The number of amides is 1. The minimum atomic E-state index is -0.460. The van der Waals surface area contributed by atoms with Crippen LogP contribution in [0.4, 0.5) is 14.6 Å². The van der Waals surface area contributed by atoms with Crippen molar-refractivity contribution >= 4 is 17.4 Å². The number of nitrogens with zero attached hydrogens (tertiary/aromatic N) is 4. The topological polar surface area (TPSA) is 62.5 Å².